The molecule has 0 amide bonds. The Morgan fingerprint density at radius 3 is 2.58 bits per heavy atom. The third kappa shape index (κ3) is 5.19. The van der Waals surface area contributed by atoms with Gasteiger partial charge in [-0.25, -0.2) is 4.39 Å². The molecule has 0 bridgehead atoms. The second-order valence-corrected chi connectivity index (χ2v) is 5.21. The molecule has 2 atom stereocenters. The van der Waals surface area contributed by atoms with Crippen molar-refractivity contribution in [3.63, 3.8) is 0 Å². The molecule has 2 unspecified atom stereocenters. The van der Waals surface area contributed by atoms with Crippen LogP contribution in [0.15, 0.2) is 18.2 Å². The van der Waals surface area contributed by atoms with Crippen LogP contribution in [0, 0.1) is 11.7 Å². The summed E-state index contributed by atoms with van der Waals surface area (Å²) in [6, 6.07) is 4.82. The van der Waals surface area contributed by atoms with E-state index >= 15 is 0 Å². The van der Waals surface area contributed by atoms with Gasteiger partial charge >= 0.3 is 0 Å². The maximum absolute atomic E-state index is 13.8. The van der Waals surface area contributed by atoms with Crippen molar-refractivity contribution in [3.8, 4) is 5.75 Å². The summed E-state index contributed by atoms with van der Waals surface area (Å²) in [6.07, 6.45) is 4.61. The lowest BCUT2D eigenvalue weighted by atomic mass is 10.0. The average Bonchev–Trinajstić information content (AvgIpc) is 2.40. The Hall–Kier alpha value is -1.09. The number of ether oxygens (including phenoxy) is 1. The number of hydrogen-bond acceptors (Lipinski definition) is 2. The van der Waals surface area contributed by atoms with Crippen LogP contribution in [-0.4, -0.2) is 6.61 Å². The molecular formula is C16H26FNO. The Kier molecular flexibility index (Phi) is 6.85. The summed E-state index contributed by atoms with van der Waals surface area (Å²) in [5.41, 5.74) is 6.52. The molecule has 2 nitrogen and oxygen atoms in total. The molecule has 1 aromatic rings. The standard InChI is InChI=1S/C16H26FNO/c1-4-6-7-13(5-2)11-19-16-9-8-14(12(3)18)10-15(16)17/h8-10,12-13H,4-7,11,18H2,1-3H3. The van der Waals surface area contributed by atoms with E-state index in [2.05, 4.69) is 13.8 Å². The lowest BCUT2D eigenvalue weighted by molar-refractivity contribution is 0.225. The fraction of sp³-hybridized carbons (Fsp3) is 0.625. The molecule has 0 fully saturated rings. The van der Waals surface area contributed by atoms with Gasteiger partial charge in [-0.2, -0.15) is 0 Å². The first-order valence-corrected chi connectivity index (χ1v) is 7.26. The monoisotopic (exact) mass is 267 g/mol. The molecule has 0 aliphatic rings. The second kappa shape index (κ2) is 8.16. The van der Waals surface area contributed by atoms with Gasteiger partial charge in [0.25, 0.3) is 0 Å². The van der Waals surface area contributed by atoms with Gasteiger partial charge in [0, 0.05) is 6.04 Å². The lowest BCUT2D eigenvalue weighted by Crippen LogP contribution is -2.12. The number of unbranched alkanes of at least 4 members (excludes halogenated alkanes) is 1. The molecule has 0 aliphatic carbocycles. The van der Waals surface area contributed by atoms with Crippen LogP contribution in [0.4, 0.5) is 4.39 Å². The van der Waals surface area contributed by atoms with Crippen molar-refractivity contribution in [3.05, 3.63) is 29.6 Å². The van der Waals surface area contributed by atoms with E-state index in [1.54, 1.807) is 6.07 Å². The quantitative estimate of drug-likeness (QED) is 0.755. The lowest BCUT2D eigenvalue weighted by Gasteiger charge is -2.16. The Morgan fingerprint density at radius 2 is 2.05 bits per heavy atom. The van der Waals surface area contributed by atoms with Crippen LogP contribution < -0.4 is 10.5 Å². The van der Waals surface area contributed by atoms with Gasteiger partial charge in [0.05, 0.1) is 6.61 Å². The van der Waals surface area contributed by atoms with Gasteiger partial charge in [0.1, 0.15) is 0 Å². The molecule has 1 aromatic carbocycles. The molecule has 0 heterocycles. The van der Waals surface area contributed by atoms with Crippen molar-refractivity contribution in [1.82, 2.24) is 0 Å². The van der Waals surface area contributed by atoms with Crippen molar-refractivity contribution in [2.75, 3.05) is 6.61 Å². The van der Waals surface area contributed by atoms with Gasteiger partial charge in [-0.15, -0.1) is 0 Å². The third-order valence-corrected chi connectivity index (χ3v) is 3.50. The van der Waals surface area contributed by atoms with E-state index in [9.17, 15) is 4.39 Å². The highest BCUT2D eigenvalue weighted by Gasteiger charge is 2.11. The van der Waals surface area contributed by atoms with E-state index in [4.69, 9.17) is 10.5 Å². The number of hydrogen-bond donors (Lipinski definition) is 1. The summed E-state index contributed by atoms with van der Waals surface area (Å²) in [5.74, 6) is 0.520. The minimum atomic E-state index is -0.319. The van der Waals surface area contributed by atoms with Crippen molar-refractivity contribution in [2.45, 2.75) is 52.5 Å². The van der Waals surface area contributed by atoms with Gasteiger partial charge in [-0.1, -0.05) is 39.2 Å². The van der Waals surface area contributed by atoms with E-state index in [0.29, 0.717) is 18.3 Å². The summed E-state index contributed by atoms with van der Waals surface area (Å²) in [4.78, 5) is 0. The fourth-order valence-electron chi connectivity index (χ4n) is 2.02. The molecule has 0 aromatic heterocycles. The molecule has 2 N–H and O–H groups in total. The van der Waals surface area contributed by atoms with Crippen LogP contribution >= 0.6 is 0 Å². The molecule has 0 radical (unpaired) electrons. The maximum atomic E-state index is 13.8. The molecule has 1 rings (SSSR count). The Morgan fingerprint density at radius 1 is 1.32 bits per heavy atom. The smallest absolute Gasteiger partial charge is 0.165 e. The molecule has 0 aliphatic heterocycles. The van der Waals surface area contributed by atoms with E-state index in [-0.39, 0.29) is 11.9 Å². The summed E-state index contributed by atoms with van der Waals surface area (Å²) in [7, 11) is 0. The van der Waals surface area contributed by atoms with Gasteiger partial charge in [0.15, 0.2) is 11.6 Å². The normalized spacial score (nSPS) is 14.2. The Bertz CT molecular complexity index is 379. The maximum Gasteiger partial charge on any atom is 0.165 e. The van der Waals surface area contributed by atoms with E-state index in [0.717, 1.165) is 18.4 Å². The molecule has 19 heavy (non-hydrogen) atoms. The van der Waals surface area contributed by atoms with Crippen molar-refractivity contribution in [2.24, 2.45) is 11.7 Å². The van der Waals surface area contributed by atoms with Crippen LogP contribution in [0.2, 0.25) is 0 Å². The molecular weight excluding hydrogens is 241 g/mol. The first kappa shape index (κ1) is 16.0. The first-order valence-electron chi connectivity index (χ1n) is 7.26. The minimum Gasteiger partial charge on any atom is -0.490 e. The largest absolute Gasteiger partial charge is 0.490 e. The predicted octanol–water partition coefficient (Wildman–Crippen LogP) is 4.44. The highest BCUT2D eigenvalue weighted by molar-refractivity contribution is 5.30. The zero-order valence-electron chi connectivity index (χ0n) is 12.3. The van der Waals surface area contributed by atoms with Gasteiger partial charge in [-0.05, 0) is 37.0 Å². The van der Waals surface area contributed by atoms with Crippen molar-refractivity contribution in [1.29, 1.82) is 0 Å². The summed E-state index contributed by atoms with van der Waals surface area (Å²) >= 11 is 0. The van der Waals surface area contributed by atoms with Crippen LogP contribution in [-0.2, 0) is 0 Å². The van der Waals surface area contributed by atoms with E-state index in [1.807, 2.05) is 13.0 Å². The summed E-state index contributed by atoms with van der Waals surface area (Å²) < 4.78 is 19.4. The van der Waals surface area contributed by atoms with E-state index in [1.165, 1.54) is 18.9 Å². The second-order valence-electron chi connectivity index (χ2n) is 5.21. The van der Waals surface area contributed by atoms with Gasteiger partial charge in [-0.3, -0.25) is 0 Å². The van der Waals surface area contributed by atoms with Gasteiger partial charge in [0.2, 0.25) is 0 Å². The first-order chi connectivity index (χ1) is 9.08. The molecule has 108 valence electrons. The third-order valence-electron chi connectivity index (χ3n) is 3.50. The van der Waals surface area contributed by atoms with Crippen molar-refractivity contribution >= 4 is 0 Å². The highest BCUT2D eigenvalue weighted by atomic mass is 19.1. The van der Waals surface area contributed by atoms with Crippen LogP contribution in [0.3, 0.4) is 0 Å². The fourth-order valence-corrected chi connectivity index (χ4v) is 2.02. The van der Waals surface area contributed by atoms with Crippen LogP contribution in [0.1, 0.15) is 58.1 Å². The van der Waals surface area contributed by atoms with Gasteiger partial charge < -0.3 is 10.5 Å². The van der Waals surface area contributed by atoms with Crippen LogP contribution in [0.5, 0.6) is 5.75 Å². The zero-order valence-corrected chi connectivity index (χ0v) is 12.3. The number of rotatable bonds is 8. The summed E-state index contributed by atoms with van der Waals surface area (Å²) in [6.45, 7) is 6.76. The molecule has 0 spiro atoms. The SMILES string of the molecule is CCCCC(CC)COc1ccc(C(C)N)cc1F. The topological polar surface area (TPSA) is 35.2 Å². The van der Waals surface area contributed by atoms with Crippen molar-refractivity contribution < 1.29 is 9.13 Å². The molecule has 0 saturated carbocycles. The van der Waals surface area contributed by atoms with Crippen LogP contribution in [0.25, 0.3) is 0 Å². The number of benzene rings is 1. The minimum absolute atomic E-state index is 0.156. The zero-order chi connectivity index (χ0) is 14.3. The molecule has 3 heteroatoms. The average molecular weight is 267 g/mol. The van der Waals surface area contributed by atoms with E-state index < -0.39 is 0 Å². The number of halogens is 1. The predicted molar refractivity (Wildman–Crippen MR) is 77.8 cm³/mol. The summed E-state index contributed by atoms with van der Waals surface area (Å²) in [5, 5.41) is 0. The highest BCUT2D eigenvalue weighted by Crippen LogP contribution is 2.23. The molecule has 0 saturated heterocycles. The Labute approximate surface area is 116 Å². The Balaban J connectivity index is 2.57. The number of nitrogens with two attached hydrogens (primary N) is 1.